The van der Waals surface area contributed by atoms with Crippen LogP contribution in [0.2, 0.25) is 0 Å². The SMILES string of the molecule is CCNC(=O)N[C@@H](C(C)=O)c1ccccc1. The average molecular weight is 220 g/mol. The van der Waals surface area contributed by atoms with E-state index in [1.807, 2.05) is 37.3 Å². The number of carbonyl (C=O) groups is 2. The zero-order valence-electron chi connectivity index (χ0n) is 9.49. The highest BCUT2D eigenvalue weighted by molar-refractivity contribution is 5.87. The Morgan fingerprint density at radius 2 is 1.88 bits per heavy atom. The average Bonchev–Trinajstić information content (AvgIpc) is 2.27. The Morgan fingerprint density at radius 3 is 2.38 bits per heavy atom. The van der Waals surface area contributed by atoms with Crippen LogP contribution in [0.25, 0.3) is 0 Å². The third kappa shape index (κ3) is 3.38. The second kappa shape index (κ2) is 5.90. The lowest BCUT2D eigenvalue weighted by Gasteiger charge is -2.16. The van der Waals surface area contributed by atoms with E-state index in [2.05, 4.69) is 10.6 Å². The van der Waals surface area contributed by atoms with Gasteiger partial charge in [-0.15, -0.1) is 0 Å². The second-order valence-corrected chi connectivity index (χ2v) is 3.46. The Morgan fingerprint density at radius 1 is 1.25 bits per heavy atom. The summed E-state index contributed by atoms with van der Waals surface area (Å²) in [7, 11) is 0. The number of Topliss-reactive ketones (excluding diaryl/α,β-unsaturated/α-hetero) is 1. The fraction of sp³-hybridized carbons (Fsp3) is 0.333. The Bertz CT molecular complexity index is 363. The lowest BCUT2D eigenvalue weighted by Crippen LogP contribution is -2.40. The number of urea groups is 1. The fourth-order valence-electron chi connectivity index (χ4n) is 1.41. The van der Waals surface area contributed by atoms with Gasteiger partial charge in [0.2, 0.25) is 0 Å². The zero-order chi connectivity index (χ0) is 12.0. The Labute approximate surface area is 95.0 Å². The van der Waals surface area contributed by atoms with E-state index in [1.165, 1.54) is 6.92 Å². The highest BCUT2D eigenvalue weighted by Gasteiger charge is 2.18. The molecule has 0 aliphatic rings. The number of nitrogens with one attached hydrogen (secondary N) is 2. The number of ketones is 1. The molecular formula is C12H16N2O2. The molecule has 0 fully saturated rings. The largest absolute Gasteiger partial charge is 0.338 e. The maximum absolute atomic E-state index is 11.4. The number of benzene rings is 1. The van der Waals surface area contributed by atoms with E-state index in [4.69, 9.17) is 0 Å². The summed E-state index contributed by atoms with van der Waals surface area (Å²) in [4.78, 5) is 22.8. The van der Waals surface area contributed by atoms with Gasteiger partial charge < -0.3 is 10.6 Å². The minimum absolute atomic E-state index is 0.0857. The third-order valence-corrected chi connectivity index (χ3v) is 2.15. The van der Waals surface area contributed by atoms with Crippen molar-refractivity contribution in [3.05, 3.63) is 35.9 Å². The number of rotatable bonds is 4. The Hall–Kier alpha value is -1.84. The van der Waals surface area contributed by atoms with E-state index in [-0.39, 0.29) is 11.8 Å². The molecular weight excluding hydrogens is 204 g/mol. The maximum Gasteiger partial charge on any atom is 0.315 e. The molecule has 0 saturated carbocycles. The quantitative estimate of drug-likeness (QED) is 0.810. The van der Waals surface area contributed by atoms with Gasteiger partial charge in [-0.05, 0) is 19.4 Å². The predicted molar refractivity (Wildman–Crippen MR) is 62.1 cm³/mol. The first-order valence-electron chi connectivity index (χ1n) is 5.25. The van der Waals surface area contributed by atoms with Crippen molar-refractivity contribution in [3.8, 4) is 0 Å². The molecule has 0 heterocycles. The monoisotopic (exact) mass is 220 g/mol. The van der Waals surface area contributed by atoms with Crippen LogP contribution in [0.5, 0.6) is 0 Å². The van der Waals surface area contributed by atoms with Crippen molar-refractivity contribution in [2.75, 3.05) is 6.54 Å². The fourth-order valence-corrected chi connectivity index (χ4v) is 1.41. The van der Waals surface area contributed by atoms with Crippen molar-refractivity contribution in [2.45, 2.75) is 19.9 Å². The summed E-state index contributed by atoms with van der Waals surface area (Å²) in [5, 5.41) is 5.23. The van der Waals surface area contributed by atoms with E-state index in [9.17, 15) is 9.59 Å². The van der Waals surface area contributed by atoms with Crippen LogP contribution >= 0.6 is 0 Å². The Kier molecular flexibility index (Phi) is 4.51. The van der Waals surface area contributed by atoms with E-state index >= 15 is 0 Å². The summed E-state index contributed by atoms with van der Waals surface area (Å²) in [6.07, 6.45) is 0. The van der Waals surface area contributed by atoms with Gasteiger partial charge >= 0.3 is 6.03 Å². The van der Waals surface area contributed by atoms with Crippen molar-refractivity contribution in [1.82, 2.24) is 10.6 Å². The van der Waals surface area contributed by atoms with Crippen LogP contribution < -0.4 is 10.6 Å². The van der Waals surface area contributed by atoms with Crippen molar-refractivity contribution < 1.29 is 9.59 Å². The highest BCUT2D eigenvalue weighted by atomic mass is 16.2. The zero-order valence-corrected chi connectivity index (χ0v) is 9.49. The van der Waals surface area contributed by atoms with Crippen LogP contribution in [-0.4, -0.2) is 18.4 Å². The Balaban J connectivity index is 2.77. The molecule has 4 heteroatoms. The molecule has 0 saturated heterocycles. The van der Waals surface area contributed by atoms with Crippen LogP contribution in [0.4, 0.5) is 4.79 Å². The van der Waals surface area contributed by atoms with Crippen LogP contribution in [-0.2, 0) is 4.79 Å². The summed E-state index contributed by atoms with van der Waals surface area (Å²) in [5.74, 6) is -0.0857. The maximum atomic E-state index is 11.4. The number of hydrogen-bond acceptors (Lipinski definition) is 2. The van der Waals surface area contributed by atoms with Crippen molar-refractivity contribution in [1.29, 1.82) is 0 Å². The van der Waals surface area contributed by atoms with Crippen LogP contribution in [0.15, 0.2) is 30.3 Å². The molecule has 1 rings (SSSR count). The second-order valence-electron chi connectivity index (χ2n) is 3.46. The smallest absolute Gasteiger partial charge is 0.315 e. The number of amides is 2. The molecule has 0 aromatic heterocycles. The summed E-state index contributed by atoms with van der Waals surface area (Å²) in [6.45, 7) is 3.82. The first-order chi connectivity index (χ1) is 7.65. The summed E-state index contributed by atoms with van der Waals surface area (Å²) >= 11 is 0. The summed E-state index contributed by atoms with van der Waals surface area (Å²) in [5.41, 5.74) is 0.793. The topological polar surface area (TPSA) is 58.2 Å². The normalized spacial score (nSPS) is 11.6. The molecule has 2 N–H and O–H groups in total. The van der Waals surface area contributed by atoms with Gasteiger partial charge in [-0.1, -0.05) is 30.3 Å². The van der Waals surface area contributed by atoms with Crippen LogP contribution in [0.3, 0.4) is 0 Å². The minimum atomic E-state index is -0.576. The molecule has 0 bridgehead atoms. The number of carbonyl (C=O) groups excluding carboxylic acids is 2. The van der Waals surface area contributed by atoms with Gasteiger partial charge in [0, 0.05) is 6.54 Å². The van der Waals surface area contributed by atoms with Gasteiger partial charge in [-0.25, -0.2) is 4.79 Å². The first kappa shape index (κ1) is 12.2. The number of hydrogen-bond donors (Lipinski definition) is 2. The molecule has 0 aliphatic heterocycles. The van der Waals surface area contributed by atoms with Gasteiger partial charge in [0.15, 0.2) is 5.78 Å². The lowest BCUT2D eigenvalue weighted by atomic mass is 10.0. The highest BCUT2D eigenvalue weighted by Crippen LogP contribution is 2.12. The van der Waals surface area contributed by atoms with Gasteiger partial charge in [-0.2, -0.15) is 0 Å². The first-order valence-corrected chi connectivity index (χ1v) is 5.25. The molecule has 1 aromatic rings. The van der Waals surface area contributed by atoms with Gasteiger partial charge in [0.1, 0.15) is 6.04 Å². The van der Waals surface area contributed by atoms with Gasteiger partial charge in [0.25, 0.3) is 0 Å². The molecule has 0 spiro atoms. The van der Waals surface area contributed by atoms with E-state index < -0.39 is 6.04 Å². The lowest BCUT2D eigenvalue weighted by molar-refractivity contribution is -0.118. The molecule has 2 amide bonds. The van der Waals surface area contributed by atoms with E-state index in [0.717, 1.165) is 5.56 Å². The molecule has 86 valence electrons. The molecule has 0 radical (unpaired) electrons. The van der Waals surface area contributed by atoms with Gasteiger partial charge in [-0.3, -0.25) is 4.79 Å². The van der Waals surface area contributed by atoms with E-state index in [1.54, 1.807) is 0 Å². The molecule has 0 unspecified atom stereocenters. The van der Waals surface area contributed by atoms with Crippen LogP contribution in [0, 0.1) is 0 Å². The third-order valence-electron chi connectivity index (χ3n) is 2.15. The van der Waals surface area contributed by atoms with Crippen LogP contribution in [0.1, 0.15) is 25.5 Å². The summed E-state index contributed by atoms with van der Waals surface area (Å²) < 4.78 is 0. The van der Waals surface area contributed by atoms with Gasteiger partial charge in [0.05, 0.1) is 0 Å². The molecule has 1 aromatic carbocycles. The van der Waals surface area contributed by atoms with Crippen molar-refractivity contribution in [3.63, 3.8) is 0 Å². The summed E-state index contributed by atoms with van der Waals surface area (Å²) in [6, 6.07) is 8.28. The van der Waals surface area contributed by atoms with Crippen molar-refractivity contribution in [2.24, 2.45) is 0 Å². The molecule has 1 atom stereocenters. The molecule has 4 nitrogen and oxygen atoms in total. The minimum Gasteiger partial charge on any atom is -0.338 e. The van der Waals surface area contributed by atoms with E-state index in [0.29, 0.717) is 6.54 Å². The molecule has 0 aliphatic carbocycles. The predicted octanol–water partition coefficient (Wildman–Crippen LogP) is 1.64. The standard InChI is InChI=1S/C12H16N2O2/c1-3-13-12(16)14-11(9(2)15)10-7-5-4-6-8-10/h4-8,11H,3H2,1-2H3,(H2,13,14,16)/t11-/m0/s1. The molecule has 16 heavy (non-hydrogen) atoms. The van der Waals surface area contributed by atoms with Crippen molar-refractivity contribution >= 4 is 11.8 Å².